The maximum Gasteiger partial charge on any atom is 0.274 e. The maximum absolute atomic E-state index is 12.9. The van der Waals surface area contributed by atoms with Crippen molar-refractivity contribution in [2.75, 3.05) is 18.9 Å². The van der Waals surface area contributed by atoms with E-state index in [9.17, 15) is 9.59 Å². The summed E-state index contributed by atoms with van der Waals surface area (Å²) in [5.41, 5.74) is 4.48. The molecule has 8 heteroatoms. The number of pyridine rings is 1. The fourth-order valence-electron chi connectivity index (χ4n) is 3.22. The average molecular weight is 426 g/mol. The van der Waals surface area contributed by atoms with Crippen LogP contribution >= 0.6 is 11.6 Å². The van der Waals surface area contributed by atoms with Gasteiger partial charge < -0.3 is 10.2 Å². The lowest BCUT2D eigenvalue weighted by molar-refractivity contribution is -0.116. The van der Waals surface area contributed by atoms with Gasteiger partial charge in [0.15, 0.2) is 5.82 Å². The van der Waals surface area contributed by atoms with E-state index in [0.29, 0.717) is 5.82 Å². The maximum atomic E-state index is 12.9. The van der Waals surface area contributed by atoms with Crippen molar-refractivity contribution in [3.63, 3.8) is 0 Å². The van der Waals surface area contributed by atoms with Gasteiger partial charge in [-0.2, -0.15) is 5.10 Å². The highest BCUT2D eigenvalue weighted by molar-refractivity contribution is 6.33. The summed E-state index contributed by atoms with van der Waals surface area (Å²) in [6, 6.07) is 11.0. The molecule has 1 N–H and O–H groups in total. The number of hydrogen-bond donors (Lipinski definition) is 1. The highest BCUT2D eigenvalue weighted by Gasteiger charge is 2.21. The molecule has 0 atom stereocenters. The lowest BCUT2D eigenvalue weighted by atomic mass is 10.1. The monoisotopic (exact) mass is 425 g/mol. The van der Waals surface area contributed by atoms with E-state index >= 15 is 0 Å². The molecular formula is C22H24ClN5O2. The van der Waals surface area contributed by atoms with E-state index in [0.717, 1.165) is 28.2 Å². The van der Waals surface area contributed by atoms with Crippen LogP contribution in [0.2, 0.25) is 5.02 Å². The number of amides is 2. The van der Waals surface area contributed by atoms with Crippen molar-refractivity contribution in [2.45, 2.75) is 27.7 Å². The van der Waals surface area contributed by atoms with Crippen LogP contribution in [0.15, 0.2) is 36.4 Å². The fourth-order valence-corrected chi connectivity index (χ4v) is 3.41. The van der Waals surface area contributed by atoms with Crippen molar-refractivity contribution < 1.29 is 9.59 Å². The number of aryl methyl sites for hydroxylation is 4. The molecule has 0 unspecified atom stereocenters. The number of hydrogen-bond acceptors (Lipinski definition) is 4. The Bertz CT molecular complexity index is 1100. The summed E-state index contributed by atoms with van der Waals surface area (Å²) >= 11 is 6.24. The number of nitrogens with zero attached hydrogens (tertiary/aromatic N) is 4. The second-order valence-corrected chi connectivity index (χ2v) is 7.72. The first-order chi connectivity index (χ1) is 14.2. The zero-order valence-electron chi connectivity index (χ0n) is 17.7. The fraction of sp³-hybridized carbons (Fsp3) is 0.273. The zero-order chi connectivity index (χ0) is 22.0. The van der Waals surface area contributed by atoms with Crippen LogP contribution in [-0.2, 0) is 4.79 Å². The molecule has 0 fully saturated rings. The standard InChI is InChI=1S/C22H24ClN5O2/c1-13-7-6-8-14(2)20(13)25-19(29)12-27(5)22(30)21-17(23)9-10-18(24-21)28-16(4)11-15(3)26-28/h6-11H,12H2,1-5H3,(H,25,29). The molecule has 3 aromatic rings. The van der Waals surface area contributed by atoms with Crippen molar-refractivity contribution in [1.29, 1.82) is 0 Å². The van der Waals surface area contributed by atoms with Gasteiger partial charge in [0.1, 0.15) is 5.69 Å². The molecule has 7 nitrogen and oxygen atoms in total. The van der Waals surface area contributed by atoms with E-state index in [1.54, 1.807) is 23.9 Å². The Morgan fingerprint density at radius 3 is 2.37 bits per heavy atom. The van der Waals surface area contributed by atoms with Gasteiger partial charge in [0.25, 0.3) is 5.91 Å². The molecule has 2 amide bonds. The molecule has 156 valence electrons. The quantitative estimate of drug-likeness (QED) is 0.673. The number of para-hydroxylation sites is 1. The van der Waals surface area contributed by atoms with E-state index in [-0.39, 0.29) is 23.2 Å². The first kappa shape index (κ1) is 21.5. The molecule has 0 saturated carbocycles. The van der Waals surface area contributed by atoms with Crippen LogP contribution in [0.25, 0.3) is 5.82 Å². The third-order valence-corrected chi connectivity index (χ3v) is 5.04. The Hall–Kier alpha value is -3.19. The lowest BCUT2D eigenvalue weighted by Crippen LogP contribution is -2.35. The van der Waals surface area contributed by atoms with Crippen molar-refractivity contribution in [3.05, 3.63) is 69.6 Å². The molecule has 0 aliphatic heterocycles. The smallest absolute Gasteiger partial charge is 0.274 e. The van der Waals surface area contributed by atoms with Gasteiger partial charge in [-0.1, -0.05) is 29.8 Å². The molecule has 3 rings (SSSR count). The number of anilines is 1. The number of likely N-dealkylation sites (N-methyl/N-ethyl adjacent to an activating group) is 1. The first-order valence-corrected chi connectivity index (χ1v) is 9.87. The molecule has 0 spiro atoms. The van der Waals surface area contributed by atoms with E-state index in [1.807, 2.05) is 52.0 Å². The van der Waals surface area contributed by atoms with Gasteiger partial charge >= 0.3 is 0 Å². The topological polar surface area (TPSA) is 80.1 Å². The minimum atomic E-state index is -0.444. The van der Waals surface area contributed by atoms with Gasteiger partial charge in [0, 0.05) is 18.4 Å². The minimum absolute atomic E-state index is 0.0732. The van der Waals surface area contributed by atoms with E-state index in [4.69, 9.17) is 11.6 Å². The molecule has 0 bridgehead atoms. The van der Waals surface area contributed by atoms with Crippen molar-refractivity contribution in [2.24, 2.45) is 0 Å². The Balaban J connectivity index is 1.78. The summed E-state index contributed by atoms with van der Waals surface area (Å²) in [6.07, 6.45) is 0. The molecule has 0 aliphatic rings. The molecular weight excluding hydrogens is 402 g/mol. The summed E-state index contributed by atoms with van der Waals surface area (Å²) in [5.74, 6) is -0.254. The first-order valence-electron chi connectivity index (χ1n) is 9.49. The summed E-state index contributed by atoms with van der Waals surface area (Å²) in [4.78, 5) is 31.1. The number of halogens is 1. The predicted octanol–water partition coefficient (Wildman–Crippen LogP) is 3.87. The number of carbonyl (C=O) groups is 2. The molecule has 2 heterocycles. The van der Waals surface area contributed by atoms with Gasteiger partial charge in [0.05, 0.1) is 17.3 Å². The van der Waals surface area contributed by atoms with Crippen LogP contribution in [0.1, 0.15) is 33.0 Å². The highest BCUT2D eigenvalue weighted by Crippen LogP contribution is 2.21. The normalized spacial score (nSPS) is 10.7. The molecule has 0 radical (unpaired) electrons. The van der Waals surface area contributed by atoms with Gasteiger partial charge in [-0.3, -0.25) is 9.59 Å². The van der Waals surface area contributed by atoms with E-state index < -0.39 is 5.91 Å². The molecule has 0 saturated heterocycles. The number of carbonyl (C=O) groups excluding carboxylic acids is 2. The van der Waals surface area contributed by atoms with Crippen LogP contribution in [0.3, 0.4) is 0 Å². The zero-order valence-corrected chi connectivity index (χ0v) is 18.4. The molecule has 1 aromatic carbocycles. The van der Waals surface area contributed by atoms with Gasteiger partial charge in [-0.05, 0) is 57.0 Å². The second-order valence-electron chi connectivity index (χ2n) is 7.31. The van der Waals surface area contributed by atoms with E-state index in [2.05, 4.69) is 15.4 Å². The average Bonchev–Trinajstić information content (AvgIpc) is 3.02. The largest absolute Gasteiger partial charge is 0.331 e. The highest BCUT2D eigenvalue weighted by atomic mass is 35.5. The summed E-state index contributed by atoms with van der Waals surface area (Å²) in [5, 5.41) is 7.48. The van der Waals surface area contributed by atoms with Crippen LogP contribution in [0.5, 0.6) is 0 Å². The Kier molecular flexibility index (Phi) is 6.22. The summed E-state index contributed by atoms with van der Waals surface area (Å²) < 4.78 is 1.65. The van der Waals surface area contributed by atoms with Crippen LogP contribution in [0, 0.1) is 27.7 Å². The lowest BCUT2D eigenvalue weighted by Gasteiger charge is -2.18. The summed E-state index contributed by atoms with van der Waals surface area (Å²) in [6.45, 7) is 7.50. The third-order valence-electron chi connectivity index (χ3n) is 4.73. The predicted molar refractivity (Wildman–Crippen MR) is 117 cm³/mol. The second kappa shape index (κ2) is 8.67. The summed E-state index contributed by atoms with van der Waals surface area (Å²) in [7, 11) is 1.54. The van der Waals surface area contributed by atoms with Crippen molar-refractivity contribution in [3.8, 4) is 5.82 Å². The number of aromatic nitrogens is 3. The number of rotatable bonds is 5. The van der Waals surface area contributed by atoms with Gasteiger partial charge in [-0.25, -0.2) is 9.67 Å². The van der Waals surface area contributed by atoms with E-state index in [1.165, 1.54) is 4.90 Å². The van der Waals surface area contributed by atoms with Crippen molar-refractivity contribution in [1.82, 2.24) is 19.7 Å². The number of benzene rings is 1. The molecule has 0 aliphatic carbocycles. The molecule has 30 heavy (non-hydrogen) atoms. The van der Waals surface area contributed by atoms with Gasteiger partial charge in [0.2, 0.25) is 5.91 Å². The number of nitrogens with one attached hydrogen (secondary N) is 1. The van der Waals surface area contributed by atoms with Crippen LogP contribution in [0.4, 0.5) is 5.69 Å². The van der Waals surface area contributed by atoms with Crippen LogP contribution in [-0.4, -0.2) is 45.1 Å². The SMILES string of the molecule is Cc1cc(C)n(-c2ccc(Cl)c(C(=O)N(C)CC(=O)Nc3c(C)cccc3C)n2)n1. The Morgan fingerprint density at radius 2 is 1.77 bits per heavy atom. The Morgan fingerprint density at radius 1 is 1.10 bits per heavy atom. The third kappa shape index (κ3) is 4.52. The van der Waals surface area contributed by atoms with Crippen molar-refractivity contribution >= 4 is 29.1 Å². The molecule has 2 aromatic heterocycles. The van der Waals surface area contributed by atoms with Gasteiger partial charge in [-0.15, -0.1) is 0 Å². The van der Waals surface area contributed by atoms with Crippen LogP contribution < -0.4 is 5.32 Å². The minimum Gasteiger partial charge on any atom is -0.331 e. The Labute approximate surface area is 180 Å².